The maximum Gasteiger partial charge on any atom is 0.253 e. The zero-order valence-electron chi connectivity index (χ0n) is 19.0. The van der Waals surface area contributed by atoms with Crippen molar-refractivity contribution in [2.45, 2.75) is 53.2 Å². The van der Waals surface area contributed by atoms with Crippen molar-refractivity contribution in [3.8, 4) is 0 Å². The first kappa shape index (κ1) is 21.5. The van der Waals surface area contributed by atoms with E-state index in [4.69, 9.17) is 0 Å². The fourth-order valence-corrected chi connectivity index (χ4v) is 4.67. The predicted octanol–water partition coefficient (Wildman–Crippen LogP) is 4.42. The first-order valence-electron chi connectivity index (χ1n) is 11.3. The normalized spacial score (nSPS) is 19.8. The van der Waals surface area contributed by atoms with E-state index in [0.29, 0.717) is 12.1 Å². The molecule has 3 heterocycles. The Hall–Kier alpha value is -2.73. The second-order valence-corrected chi connectivity index (χ2v) is 9.46. The molecule has 1 aliphatic rings. The molecule has 0 saturated carbocycles. The molecule has 0 radical (unpaired) electrons. The Bertz CT molecular complexity index is 1030. The largest absolute Gasteiger partial charge is 0.348 e. The van der Waals surface area contributed by atoms with Gasteiger partial charge in [-0.25, -0.2) is 9.67 Å². The monoisotopic (exact) mass is 419 g/mol. The Labute approximate surface area is 184 Å². The molecule has 4 rings (SSSR count). The van der Waals surface area contributed by atoms with Crippen LogP contribution in [0.15, 0.2) is 42.7 Å². The highest BCUT2D eigenvalue weighted by molar-refractivity contribution is 5.96. The van der Waals surface area contributed by atoms with Crippen LogP contribution in [-0.4, -0.2) is 38.7 Å². The number of pyridine rings is 1. The lowest BCUT2D eigenvalue weighted by molar-refractivity contribution is 0.0950. The van der Waals surface area contributed by atoms with Crippen molar-refractivity contribution in [1.29, 1.82) is 0 Å². The van der Waals surface area contributed by atoms with Gasteiger partial charge in [-0.2, -0.15) is 5.10 Å². The maximum absolute atomic E-state index is 12.6. The van der Waals surface area contributed by atoms with Crippen LogP contribution in [0.3, 0.4) is 0 Å². The first-order chi connectivity index (χ1) is 14.9. The number of piperidine rings is 1. The smallest absolute Gasteiger partial charge is 0.253 e. The van der Waals surface area contributed by atoms with E-state index < -0.39 is 0 Å². The molecule has 1 aliphatic heterocycles. The van der Waals surface area contributed by atoms with E-state index in [1.165, 1.54) is 25.1 Å². The number of carbonyl (C=O) groups is 1. The molecular weight excluding hydrogens is 386 g/mol. The minimum Gasteiger partial charge on any atom is -0.348 e. The van der Waals surface area contributed by atoms with Crippen LogP contribution < -0.4 is 5.32 Å². The quantitative estimate of drug-likeness (QED) is 0.642. The molecule has 6 nitrogen and oxygen atoms in total. The summed E-state index contributed by atoms with van der Waals surface area (Å²) in [5.74, 6) is 1.42. The van der Waals surface area contributed by atoms with Crippen LogP contribution in [0.25, 0.3) is 11.0 Å². The van der Waals surface area contributed by atoms with Gasteiger partial charge in [0.25, 0.3) is 5.91 Å². The molecule has 6 heteroatoms. The summed E-state index contributed by atoms with van der Waals surface area (Å²) in [4.78, 5) is 19.6. The van der Waals surface area contributed by atoms with Crippen LogP contribution in [0.5, 0.6) is 0 Å². The standard InChI is InChI=1S/C25H33N5O/c1-17(2)30-24-22(13-28-30)10-23(12-26-24)25(31)27-11-20-5-7-21(8-6-20)16-29-14-18(3)9-19(4)15-29/h5-8,10,12-13,17-19H,9,11,14-16H2,1-4H3,(H,27,31). The second kappa shape index (κ2) is 9.18. The first-order valence-corrected chi connectivity index (χ1v) is 11.3. The molecule has 0 spiro atoms. The Morgan fingerprint density at radius 2 is 1.77 bits per heavy atom. The zero-order valence-corrected chi connectivity index (χ0v) is 19.0. The van der Waals surface area contributed by atoms with Crippen molar-refractivity contribution in [3.63, 3.8) is 0 Å². The molecule has 2 aromatic heterocycles. The van der Waals surface area contributed by atoms with E-state index in [1.807, 2.05) is 10.7 Å². The van der Waals surface area contributed by atoms with E-state index in [9.17, 15) is 4.79 Å². The lowest BCUT2D eigenvalue weighted by Gasteiger charge is -2.35. The minimum atomic E-state index is -0.118. The molecule has 2 atom stereocenters. The van der Waals surface area contributed by atoms with Gasteiger partial charge >= 0.3 is 0 Å². The van der Waals surface area contributed by atoms with Crippen molar-refractivity contribution in [3.05, 3.63) is 59.4 Å². The molecule has 164 valence electrons. The van der Waals surface area contributed by atoms with Gasteiger partial charge < -0.3 is 5.32 Å². The SMILES string of the molecule is CC1CC(C)CN(Cc2ccc(CNC(=O)c3cnc4c(cnn4C(C)C)c3)cc2)C1. The van der Waals surface area contributed by atoms with Gasteiger partial charge in [0.2, 0.25) is 0 Å². The molecule has 0 aliphatic carbocycles. The number of hydrogen-bond donors (Lipinski definition) is 1. The zero-order chi connectivity index (χ0) is 22.0. The van der Waals surface area contributed by atoms with Gasteiger partial charge in [-0.05, 0) is 49.3 Å². The maximum atomic E-state index is 12.6. The fraction of sp³-hybridized carbons (Fsp3) is 0.480. The Kier molecular flexibility index (Phi) is 6.37. The van der Waals surface area contributed by atoms with Crippen LogP contribution in [0.2, 0.25) is 0 Å². The number of nitrogens with zero attached hydrogens (tertiary/aromatic N) is 4. The lowest BCUT2D eigenvalue weighted by atomic mass is 9.91. The number of hydrogen-bond acceptors (Lipinski definition) is 4. The third kappa shape index (κ3) is 5.13. The Morgan fingerprint density at radius 3 is 2.45 bits per heavy atom. The van der Waals surface area contributed by atoms with Crippen molar-refractivity contribution < 1.29 is 4.79 Å². The summed E-state index contributed by atoms with van der Waals surface area (Å²) in [6.07, 6.45) is 4.72. The molecule has 0 bridgehead atoms. The molecule has 1 N–H and O–H groups in total. The van der Waals surface area contributed by atoms with Crippen LogP contribution >= 0.6 is 0 Å². The Morgan fingerprint density at radius 1 is 1.10 bits per heavy atom. The number of benzene rings is 1. The summed E-state index contributed by atoms with van der Waals surface area (Å²) < 4.78 is 1.86. The number of aromatic nitrogens is 3. The number of rotatable bonds is 6. The van der Waals surface area contributed by atoms with Crippen molar-refractivity contribution in [1.82, 2.24) is 25.0 Å². The van der Waals surface area contributed by atoms with E-state index >= 15 is 0 Å². The van der Waals surface area contributed by atoms with Crippen LogP contribution in [0, 0.1) is 11.8 Å². The minimum absolute atomic E-state index is 0.118. The van der Waals surface area contributed by atoms with Gasteiger partial charge in [0, 0.05) is 43.8 Å². The number of carbonyl (C=O) groups excluding carboxylic acids is 1. The predicted molar refractivity (Wildman–Crippen MR) is 124 cm³/mol. The second-order valence-electron chi connectivity index (χ2n) is 9.46. The average molecular weight is 420 g/mol. The summed E-state index contributed by atoms with van der Waals surface area (Å²) in [7, 11) is 0. The molecule has 1 aromatic carbocycles. The van der Waals surface area contributed by atoms with E-state index in [1.54, 1.807) is 12.4 Å². The highest BCUT2D eigenvalue weighted by Gasteiger charge is 2.21. The van der Waals surface area contributed by atoms with Gasteiger partial charge in [-0.3, -0.25) is 9.69 Å². The van der Waals surface area contributed by atoms with Crippen LogP contribution in [0.4, 0.5) is 0 Å². The molecule has 31 heavy (non-hydrogen) atoms. The lowest BCUT2D eigenvalue weighted by Crippen LogP contribution is -2.38. The highest BCUT2D eigenvalue weighted by atomic mass is 16.1. The fourth-order valence-electron chi connectivity index (χ4n) is 4.67. The third-order valence-electron chi connectivity index (χ3n) is 6.01. The van der Waals surface area contributed by atoms with Crippen molar-refractivity contribution in [2.75, 3.05) is 13.1 Å². The summed E-state index contributed by atoms with van der Waals surface area (Å²) >= 11 is 0. The molecule has 2 unspecified atom stereocenters. The summed E-state index contributed by atoms with van der Waals surface area (Å²) in [6, 6.07) is 10.7. The summed E-state index contributed by atoms with van der Waals surface area (Å²) in [5.41, 5.74) is 3.78. The number of nitrogens with one attached hydrogen (secondary N) is 1. The van der Waals surface area contributed by atoms with Crippen LogP contribution in [-0.2, 0) is 13.1 Å². The summed E-state index contributed by atoms with van der Waals surface area (Å²) in [6.45, 7) is 12.7. The molecular formula is C25H33N5O. The van der Waals surface area contributed by atoms with Gasteiger partial charge in [0.15, 0.2) is 5.65 Å². The van der Waals surface area contributed by atoms with Crippen molar-refractivity contribution >= 4 is 16.9 Å². The van der Waals surface area contributed by atoms with Gasteiger partial charge in [-0.1, -0.05) is 38.1 Å². The number of likely N-dealkylation sites (tertiary alicyclic amines) is 1. The van der Waals surface area contributed by atoms with Crippen LogP contribution in [0.1, 0.15) is 61.6 Å². The number of amides is 1. The molecule has 1 amide bonds. The molecule has 1 saturated heterocycles. The van der Waals surface area contributed by atoms with E-state index in [2.05, 4.69) is 72.3 Å². The van der Waals surface area contributed by atoms with E-state index in [-0.39, 0.29) is 11.9 Å². The third-order valence-corrected chi connectivity index (χ3v) is 6.01. The van der Waals surface area contributed by atoms with E-state index in [0.717, 1.165) is 35.0 Å². The van der Waals surface area contributed by atoms with Crippen molar-refractivity contribution in [2.24, 2.45) is 11.8 Å². The Balaban J connectivity index is 1.33. The summed E-state index contributed by atoms with van der Waals surface area (Å²) in [5, 5.41) is 8.25. The van der Waals surface area contributed by atoms with Gasteiger partial charge in [0.05, 0.1) is 11.8 Å². The number of fused-ring (bicyclic) bond motifs is 1. The molecule has 3 aromatic rings. The average Bonchev–Trinajstić information content (AvgIpc) is 3.16. The highest BCUT2D eigenvalue weighted by Crippen LogP contribution is 2.22. The van der Waals surface area contributed by atoms with Gasteiger partial charge in [0.1, 0.15) is 0 Å². The molecule has 1 fully saturated rings. The topological polar surface area (TPSA) is 63.1 Å². The van der Waals surface area contributed by atoms with Gasteiger partial charge in [-0.15, -0.1) is 0 Å².